The Bertz CT molecular complexity index is 916. The van der Waals surface area contributed by atoms with Crippen LogP contribution >= 0.6 is 0 Å². The van der Waals surface area contributed by atoms with Crippen molar-refractivity contribution in [1.29, 1.82) is 0 Å². The van der Waals surface area contributed by atoms with Crippen LogP contribution in [0.4, 0.5) is 5.69 Å². The fourth-order valence-corrected chi connectivity index (χ4v) is 4.44. The van der Waals surface area contributed by atoms with Crippen LogP contribution < -0.4 is 9.64 Å². The normalized spacial score (nSPS) is 17.7. The fraction of sp³-hybridized carbons (Fsp3) is 0.417. The van der Waals surface area contributed by atoms with Crippen LogP contribution in [0.5, 0.6) is 5.75 Å². The Labute approximate surface area is 172 Å². The third-order valence-corrected chi connectivity index (χ3v) is 6.09. The van der Waals surface area contributed by atoms with Gasteiger partial charge in [0, 0.05) is 26.1 Å². The predicted molar refractivity (Wildman–Crippen MR) is 114 cm³/mol. The summed E-state index contributed by atoms with van der Waals surface area (Å²) in [5.74, 6) is 1.46. The summed E-state index contributed by atoms with van der Waals surface area (Å²) in [7, 11) is 1.69. The Balaban J connectivity index is 1.50. The molecule has 2 aliphatic heterocycles. The van der Waals surface area contributed by atoms with Crippen molar-refractivity contribution in [2.24, 2.45) is 0 Å². The Morgan fingerprint density at radius 2 is 1.86 bits per heavy atom. The molecule has 152 valence electrons. The fourth-order valence-electron chi connectivity index (χ4n) is 4.44. The summed E-state index contributed by atoms with van der Waals surface area (Å²) in [6.45, 7) is 4.13. The lowest BCUT2D eigenvalue weighted by Gasteiger charge is -2.33. The second-order valence-electron chi connectivity index (χ2n) is 8.01. The summed E-state index contributed by atoms with van der Waals surface area (Å²) in [6.07, 6.45) is 3.28. The van der Waals surface area contributed by atoms with Crippen molar-refractivity contribution >= 4 is 17.5 Å². The van der Waals surface area contributed by atoms with E-state index in [-0.39, 0.29) is 11.8 Å². The molecule has 0 aromatic heterocycles. The van der Waals surface area contributed by atoms with E-state index in [1.54, 1.807) is 12.0 Å². The quantitative estimate of drug-likeness (QED) is 0.785. The second-order valence-corrected chi connectivity index (χ2v) is 8.01. The Morgan fingerprint density at radius 1 is 1.07 bits per heavy atom. The third kappa shape index (κ3) is 4.00. The first-order valence-corrected chi connectivity index (χ1v) is 10.4. The number of nitrogens with zero attached hydrogens (tertiary/aromatic N) is 2. The van der Waals surface area contributed by atoms with Crippen molar-refractivity contribution < 1.29 is 14.3 Å². The smallest absolute Gasteiger partial charge is 0.255 e. The molecule has 0 bridgehead atoms. The first-order valence-electron chi connectivity index (χ1n) is 10.4. The van der Waals surface area contributed by atoms with Crippen LogP contribution in [0.3, 0.4) is 0 Å². The highest BCUT2D eigenvalue weighted by atomic mass is 16.5. The van der Waals surface area contributed by atoms with Gasteiger partial charge in [-0.05, 0) is 61.9 Å². The first-order chi connectivity index (χ1) is 14.1. The maximum Gasteiger partial charge on any atom is 0.255 e. The Kier molecular flexibility index (Phi) is 5.56. The lowest BCUT2D eigenvalue weighted by atomic mass is 9.89. The zero-order valence-corrected chi connectivity index (χ0v) is 17.2. The minimum absolute atomic E-state index is 0.0347. The Morgan fingerprint density at radius 3 is 2.55 bits per heavy atom. The molecule has 2 aliphatic rings. The number of piperidine rings is 1. The summed E-state index contributed by atoms with van der Waals surface area (Å²) < 4.78 is 5.35. The highest BCUT2D eigenvalue weighted by molar-refractivity contribution is 6.05. The van der Waals surface area contributed by atoms with Gasteiger partial charge in [-0.1, -0.05) is 23.8 Å². The molecule has 2 heterocycles. The molecule has 0 radical (unpaired) electrons. The van der Waals surface area contributed by atoms with Gasteiger partial charge in [-0.15, -0.1) is 0 Å². The lowest BCUT2D eigenvalue weighted by Crippen LogP contribution is -2.39. The van der Waals surface area contributed by atoms with Crippen molar-refractivity contribution in [3.05, 3.63) is 59.2 Å². The monoisotopic (exact) mass is 392 g/mol. The predicted octanol–water partition coefficient (Wildman–Crippen LogP) is 4.15. The van der Waals surface area contributed by atoms with E-state index in [0.29, 0.717) is 24.4 Å². The lowest BCUT2D eigenvalue weighted by molar-refractivity contribution is -0.117. The van der Waals surface area contributed by atoms with Crippen molar-refractivity contribution in [3.63, 3.8) is 0 Å². The van der Waals surface area contributed by atoms with Gasteiger partial charge in [-0.25, -0.2) is 0 Å². The largest absolute Gasteiger partial charge is 0.497 e. The molecule has 5 nitrogen and oxygen atoms in total. The van der Waals surface area contributed by atoms with Gasteiger partial charge in [0.05, 0.1) is 18.4 Å². The van der Waals surface area contributed by atoms with Crippen molar-refractivity contribution in [1.82, 2.24) is 4.90 Å². The van der Waals surface area contributed by atoms with Gasteiger partial charge in [0.25, 0.3) is 5.91 Å². The van der Waals surface area contributed by atoms with E-state index in [4.69, 9.17) is 4.74 Å². The van der Waals surface area contributed by atoms with Gasteiger partial charge in [0.2, 0.25) is 5.91 Å². The summed E-state index contributed by atoms with van der Waals surface area (Å²) in [5, 5.41) is 0. The van der Waals surface area contributed by atoms with Crippen LogP contribution in [0.1, 0.15) is 53.1 Å². The van der Waals surface area contributed by atoms with E-state index < -0.39 is 0 Å². The van der Waals surface area contributed by atoms with E-state index in [1.165, 1.54) is 5.56 Å². The topological polar surface area (TPSA) is 49.9 Å². The highest BCUT2D eigenvalue weighted by Crippen LogP contribution is 2.32. The molecular weight excluding hydrogens is 364 g/mol. The van der Waals surface area contributed by atoms with Crippen molar-refractivity contribution in [3.8, 4) is 5.75 Å². The summed E-state index contributed by atoms with van der Waals surface area (Å²) >= 11 is 0. The minimum atomic E-state index is 0.0347. The average Bonchev–Trinajstić information content (AvgIpc) is 3.19. The molecule has 0 aliphatic carbocycles. The van der Waals surface area contributed by atoms with Crippen LogP contribution in [-0.2, 0) is 4.79 Å². The van der Waals surface area contributed by atoms with Gasteiger partial charge in [0.1, 0.15) is 5.75 Å². The number of carbonyl (C=O) groups is 2. The van der Waals surface area contributed by atoms with Crippen LogP contribution in [0.25, 0.3) is 0 Å². The number of methoxy groups -OCH3 is 1. The van der Waals surface area contributed by atoms with Gasteiger partial charge in [0.15, 0.2) is 0 Å². The first kappa shape index (κ1) is 19.5. The summed E-state index contributed by atoms with van der Waals surface area (Å²) in [6, 6.07) is 14.1. The molecule has 5 heteroatoms. The zero-order chi connectivity index (χ0) is 20.4. The standard InChI is InChI=1S/C24H28N2O3/c1-17-8-9-22(26-12-4-7-23(26)27)21(15-17)24(28)25-13-10-18(11-14-25)19-5-3-6-20(16-19)29-2/h3,5-6,8-9,15-16,18H,4,7,10-14H2,1-2H3. The molecule has 2 amide bonds. The van der Waals surface area contributed by atoms with Crippen LogP contribution in [0.15, 0.2) is 42.5 Å². The summed E-state index contributed by atoms with van der Waals surface area (Å²) in [4.78, 5) is 29.3. The highest BCUT2D eigenvalue weighted by Gasteiger charge is 2.30. The molecule has 2 fully saturated rings. The number of carbonyl (C=O) groups excluding carboxylic acids is 2. The third-order valence-electron chi connectivity index (χ3n) is 6.09. The number of hydrogen-bond acceptors (Lipinski definition) is 3. The SMILES string of the molecule is COc1cccc(C2CCN(C(=O)c3cc(C)ccc3N3CCCC3=O)CC2)c1. The molecular formula is C24H28N2O3. The number of rotatable bonds is 4. The molecule has 2 aromatic carbocycles. The van der Waals surface area contributed by atoms with Crippen molar-refractivity contribution in [2.45, 2.75) is 38.5 Å². The number of hydrogen-bond donors (Lipinski definition) is 0. The maximum absolute atomic E-state index is 13.3. The second kappa shape index (κ2) is 8.27. The minimum Gasteiger partial charge on any atom is -0.497 e. The van der Waals surface area contributed by atoms with Crippen LogP contribution in [0.2, 0.25) is 0 Å². The van der Waals surface area contributed by atoms with E-state index >= 15 is 0 Å². The van der Waals surface area contributed by atoms with Crippen LogP contribution in [-0.4, -0.2) is 43.5 Å². The number of amides is 2. The molecule has 0 spiro atoms. The van der Waals surface area contributed by atoms with Gasteiger partial charge < -0.3 is 14.5 Å². The van der Waals surface area contributed by atoms with Gasteiger partial charge in [-0.2, -0.15) is 0 Å². The van der Waals surface area contributed by atoms with Crippen molar-refractivity contribution in [2.75, 3.05) is 31.6 Å². The number of benzene rings is 2. The molecule has 0 unspecified atom stereocenters. The zero-order valence-electron chi connectivity index (χ0n) is 17.2. The molecule has 0 atom stereocenters. The molecule has 0 N–H and O–H groups in total. The number of likely N-dealkylation sites (tertiary alicyclic amines) is 1. The molecule has 2 saturated heterocycles. The number of ether oxygens (including phenoxy) is 1. The van der Waals surface area contributed by atoms with E-state index in [0.717, 1.165) is 49.4 Å². The molecule has 2 aromatic rings. The average molecular weight is 392 g/mol. The Hall–Kier alpha value is -2.82. The van der Waals surface area contributed by atoms with Crippen LogP contribution in [0, 0.1) is 6.92 Å². The molecule has 0 saturated carbocycles. The van der Waals surface area contributed by atoms with Gasteiger partial charge in [-0.3, -0.25) is 9.59 Å². The molecule has 4 rings (SSSR count). The maximum atomic E-state index is 13.3. The van der Waals surface area contributed by atoms with Gasteiger partial charge >= 0.3 is 0 Å². The van der Waals surface area contributed by atoms with E-state index in [1.807, 2.05) is 42.2 Å². The summed E-state index contributed by atoms with van der Waals surface area (Å²) in [5.41, 5.74) is 3.73. The molecule has 29 heavy (non-hydrogen) atoms. The van der Waals surface area contributed by atoms with E-state index in [9.17, 15) is 9.59 Å². The number of aryl methyl sites for hydroxylation is 1. The number of anilines is 1. The van der Waals surface area contributed by atoms with E-state index in [2.05, 4.69) is 12.1 Å².